The lowest BCUT2D eigenvalue weighted by Gasteiger charge is -2.32. The molecule has 0 aromatic heterocycles. The van der Waals surface area contributed by atoms with Crippen molar-refractivity contribution in [1.82, 2.24) is 4.90 Å². The third-order valence-corrected chi connectivity index (χ3v) is 4.02. The van der Waals surface area contributed by atoms with Gasteiger partial charge in [0, 0.05) is 32.4 Å². The molecule has 22 heavy (non-hydrogen) atoms. The van der Waals surface area contributed by atoms with Gasteiger partial charge in [0.05, 0.1) is 20.3 Å². The van der Waals surface area contributed by atoms with Crippen molar-refractivity contribution in [2.24, 2.45) is 5.92 Å². The zero-order valence-electron chi connectivity index (χ0n) is 13.4. The summed E-state index contributed by atoms with van der Waals surface area (Å²) < 4.78 is 15.7. The second kappa shape index (κ2) is 8.76. The number of hydrogen-bond donors (Lipinski definition) is 0. The molecule has 1 aliphatic heterocycles. The van der Waals surface area contributed by atoms with Crippen LogP contribution in [0.15, 0.2) is 24.3 Å². The molecule has 0 bridgehead atoms. The summed E-state index contributed by atoms with van der Waals surface area (Å²) in [6.45, 7) is 3.62. The minimum absolute atomic E-state index is 0.0985. The fourth-order valence-corrected chi connectivity index (χ4v) is 2.61. The van der Waals surface area contributed by atoms with Crippen LogP contribution in [0.25, 0.3) is 0 Å². The summed E-state index contributed by atoms with van der Waals surface area (Å²) >= 11 is 0. The van der Waals surface area contributed by atoms with E-state index in [1.807, 2.05) is 29.2 Å². The van der Waals surface area contributed by atoms with Gasteiger partial charge in [-0.15, -0.1) is 0 Å². The molecule has 0 atom stereocenters. The van der Waals surface area contributed by atoms with Crippen LogP contribution in [0.2, 0.25) is 0 Å². The number of ether oxygens (including phenoxy) is 3. The van der Waals surface area contributed by atoms with Crippen molar-refractivity contribution < 1.29 is 19.0 Å². The first kappa shape index (κ1) is 16.8. The van der Waals surface area contributed by atoms with Gasteiger partial charge in [-0.3, -0.25) is 4.79 Å². The Morgan fingerprint density at radius 2 is 1.82 bits per heavy atom. The Morgan fingerprint density at radius 3 is 2.41 bits per heavy atom. The molecule has 1 aromatic carbocycles. The second-order valence-electron chi connectivity index (χ2n) is 5.53. The third kappa shape index (κ3) is 4.71. The number of rotatable bonds is 7. The largest absolute Gasteiger partial charge is 0.497 e. The van der Waals surface area contributed by atoms with Gasteiger partial charge in [0.25, 0.3) is 5.91 Å². The normalized spacial score (nSPS) is 15.8. The van der Waals surface area contributed by atoms with Crippen molar-refractivity contribution >= 4 is 5.91 Å². The molecule has 0 spiro atoms. The van der Waals surface area contributed by atoms with Crippen LogP contribution >= 0.6 is 0 Å². The summed E-state index contributed by atoms with van der Waals surface area (Å²) in [5, 5.41) is 0. The third-order valence-electron chi connectivity index (χ3n) is 4.02. The monoisotopic (exact) mass is 307 g/mol. The van der Waals surface area contributed by atoms with E-state index in [-0.39, 0.29) is 5.91 Å². The number of carbonyl (C=O) groups excluding carboxylic acids is 1. The summed E-state index contributed by atoms with van der Waals surface area (Å²) in [6, 6.07) is 7.29. The highest BCUT2D eigenvalue weighted by Crippen LogP contribution is 2.20. The molecule has 1 heterocycles. The predicted molar refractivity (Wildman–Crippen MR) is 84.3 cm³/mol. The second-order valence-corrected chi connectivity index (χ2v) is 5.53. The van der Waals surface area contributed by atoms with E-state index < -0.39 is 0 Å². The van der Waals surface area contributed by atoms with E-state index in [2.05, 4.69) is 0 Å². The van der Waals surface area contributed by atoms with E-state index in [1.54, 1.807) is 14.2 Å². The van der Waals surface area contributed by atoms with Crippen molar-refractivity contribution in [1.29, 1.82) is 0 Å². The van der Waals surface area contributed by atoms with E-state index in [0.717, 1.165) is 43.9 Å². The van der Waals surface area contributed by atoms with Gasteiger partial charge in [-0.05, 0) is 43.0 Å². The van der Waals surface area contributed by atoms with Crippen molar-refractivity contribution in [3.63, 3.8) is 0 Å². The van der Waals surface area contributed by atoms with E-state index in [4.69, 9.17) is 14.2 Å². The van der Waals surface area contributed by atoms with Crippen LogP contribution in [-0.4, -0.2) is 57.9 Å². The first-order valence-electron chi connectivity index (χ1n) is 7.74. The van der Waals surface area contributed by atoms with E-state index in [0.29, 0.717) is 19.1 Å². The highest BCUT2D eigenvalue weighted by molar-refractivity contribution is 5.94. The lowest BCUT2D eigenvalue weighted by Crippen LogP contribution is -2.39. The van der Waals surface area contributed by atoms with Crippen LogP contribution in [0.5, 0.6) is 5.75 Å². The SMILES string of the molecule is COCCOCC1CCN(C(=O)c2ccc(OC)cc2)CC1. The van der Waals surface area contributed by atoms with Crippen LogP contribution in [0.1, 0.15) is 23.2 Å². The molecule has 1 aromatic rings. The van der Waals surface area contributed by atoms with E-state index >= 15 is 0 Å². The molecule has 0 aliphatic carbocycles. The first-order valence-corrected chi connectivity index (χ1v) is 7.74. The molecule has 5 heteroatoms. The zero-order valence-corrected chi connectivity index (χ0v) is 13.4. The van der Waals surface area contributed by atoms with Gasteiger partial charge in [-0.2, -0.15) is 0 Å². The summed E-state index contributed by atoms with van der Waals surface area (Å²) in [6.07, 6.45) is 1.99. The highest BCUT2D eigenvalue weighted by Gasteiger charge is 2.23. The Hall–Kier alpha value is -1.59. The minimum Gasteiger partial charge on any atom is -0.497 e. The van der Waals surface area contributed by atoms with Gasteiger partial charge in [-0.1, -0.05) is 0 Å². The van der Waals surface area contributed by atoms with Gasteiger partial charge in [0.2, 0.25) is 0 Å². The van der Waals surface area contributed by atoms with Gasteiger partial charge in [-0.25, -0.2) is 0 Å². The quantitative estimate of drug-likeness (QED) is 0.725. The number of amides is 1. The predicted octanol–water partition coefficient (Wildman–Crippen LogP) is 2.21. The van der Waals surface area contributed by atoms with Crippen LogP contribution in [0.4, 0.5) is 0 Å². The van der Waals surface area contributed by atoms with Crippen LogP contribution in [0.3, 0.4) is 0 Å². The van der Waals surface area contributed by atoms with Crippen LogP contribution in [0, 0.1) is 5.92 Å². The number of benzene rings is 1. The standard InChI is InChI=1S/C17H25NO4/c1-20-11-12-22-13-14-7-9-18(10-8-14)17(19)15-3-5-16(21-2)6-4-15/h3-6,14H,7-13H2,1-2H3. The maximum atomic E-state index is 12.4. The van der Waals surface area contributed by atoms with Crippen LogP contribution in [-0.2, 0) is 9.47 Å². The molecule has 0 unspecified atom stereocenters. The van der Waals surface area contributed by atoms with Crippen molar-refractivity contribution in [2.75, 3.05) is 47.1 Å². The Kier molecular flexibility index (Phi) is 6.68. The Balaban J connectivity index is 1.76. The average Bonchev–Trinajstić information content (AvgIpc) is 2.59. The number of piperidine rings is 1. The minimum atomic E-state index is 0.0985. The van der Waals surface area contributed by atoms with Crippen molar-refractivity contribution in [2.45, 2.75) is 12.8 Å². The number of hydrogen-bond acceptors (Lipinski definition) is 4. The summed E-state index contributed by atoms with van der Waals surface area (Å²) in [5.74, 6) is 1.40. The molecule has 0 saturated carbocycles. The number of nitrogens with zero attached hydrogens (tertiary/aromatic N) is 1. The number of likely N-dealkylation sites (tertiary alicyclic amines) is 1. The van der Waals surface area contributed by atoms with E-state index in [9.17, 15) is 4.79 Å². The summed E-state index contributed by atoms with van der Waals surface area (Å²) in [5.41, 5.74) is 0.718. The summed E-state index contributed by atoms with van der Waals surface area (Å²) in [4.78, 5) is 14.4. The lowest BCUT2D eigenvalue weighted by atomic mass is 9.97. The molecule has 2 rings (SSSR count). The molecule has 0 N–H and O–H groups in total. The Morgan fingerprint density at radius 1 is 1.14 bits per heavy atom. The molecule has 0 radical (unpaired) electrons. The fraction of sp³-hybridized carbons (Fsp3) is 0.588. The van der Waals surface area contributed by atoms with Gasteiger partial charge in [0.1, 0.15) is 5.75 Å². The maximum Gasteiger partial charge on any atom is 0.253 e. The highest BCUT2D eigenvalue weighted by atomic mass is 16.5. The van der Waals surface area contributed by atoms with E-state index in [1.165, 1.54) is 0 Å². The maximum absolute atomic E-state index is 12.4. The van der Waals surface area contributed by atoms with Gasteiger partial charge in [0.15, 0.2) is 0 Å². The summed E-state index contributed by atoms with van der Waals surface area (Å²) in [7, 11) is 3.29. The molecule has 5 nitrogen and oxygen atoms in total. The van der Waals surface area contributed by atoms with Crippen molar-refractivity contribution in [3.05, 3.63) is 29.8 Å². The molecule has 1 aliphatic rings. The molecule has 1 fully saturated rings. The molecule has 122 valence electrons. The number of methoxy groups -OCH3 is 2. The first-order chi connectivity index (χ1) is 10.7. The van der Waals surface area contributed by atoms with Crippen LogP contribution < -0.4 is 4.74 Å². The Bertz CT molecular complexity index is 452. The lowest BCUT2D eigenvalue weighted by molar-refractivity contribution is 0.0327. The molecule has 1 saturated heterocycles. The number of carbonyl (C=O) groups is 1. The van der Waals surface area contributed by atoms with Gasteiger partial charge < -0.3 is 19.1 Å². The molecule has 1 amide bonds. The van der Waals surface area contributed by atoms with Crippen molar-refractivity contribution in [3.8, 4) is 5.75 Å². The average molecular weight is 307 g/mol. The Labute approximate surface area is 132 Å². The topological polar surface area (TPSA) is 48.0 Å². The fourth-order valence-electron chi connectivity index (χ4n) is 2.61. The zero-order chi connectivity index (χ0) is 15.8. The molecular weight excluding hydrogens is 282 g/mol. The van der Waals surface area contributed by atoms with Gasteiger partial charge >= 0.3 is 0 Å². The molecular formula is C17H25NO4. The smallest absolute Gasteiger partial charge is 0.253 e.